The van der Waals surface area contributed by atoms with Crippen LogP contribution < -0.4 is 18.9 Å². The molecule has 2 aromatic carbocycles. The lowest BCUT2D eigenvalue weighted by atomic mass is 10.1. The van der Waals surface area contributed by atoms with Crippen molar-refractivity contribution in [1.29, 1.82) is 0 Å². The molecule has 0 spiro atoms. The Morgan fingerprint density at radius 1 is 0.943 bits per heavy atom. The lowest BCUT2D eigenvalue weighted by Crippen LogP contribution is -2.44. The number of carbonyl (C=O) groups excluding carboxylic acids is 2. The van der Waals surface area contributed by atoms with Crippen molar-refractivity contribution in [1.82, 2.24) is 0 Å². The van der Waals surface area contributed by atoms with Crippen LogP contribution in [0.4, 0.5) is 0 Å². The third-order valence-corrected chi connectivity index (χ3v) is 6.06. The summed E-state index contributed by atoms with van der Waals surface area (Å²) in [5.41, 5.74) is 0.784. The summed E-state index contributed by atoms with van der Waals surface area (Å²) in [6, 6.07) is 9.16. The summed E-state index contributed by atoms with van der Waals surface area (Å²) in [7, 11) is 1.82. The fourth-order valence-corrected chi connectivity index (χ4v) is 4.07. The second kappa shape index (κ2) is 11.7. The van der Waals surface area contributed by atoms with E-state index in [1.165, 1.54) is 59.6 Å². The van der Waals surface area contributed by atoms with Gasteiger partial charge >= 0.3 is 17.7 Å². The highest BCUT2D eigenvalue weighted by Gasteiger charge is 2.39. The van der Waals surface area contributed by atoms with Gasteiger partial charge in [0.15, 0.2) is 9.84 Å². The zero-order valence-electron chi connectivity index (χ0n) is 20.3. The van der Waals surface area contributed by atoms with Crippen molar-refractivity contribution in [3.63, 3.8) is 0 Å². The zero-order valence-corrected chi connectivity index (χ0v) is 21.1. The van der Waals surface area contributed by atoms with E-state index in [2.05, 4.69) is 0 Å². The molecule has 35 heavy (non-hydrogen) atoms. The maximum Gasteiger partial charge on any atom is 0.384 e. The summed E-state index contributed by atoms with van der Waals surface area (Å²) in [4.78, 5) is 23.7. The van der Waals surface area contributed by atoms with Gasteiger partial charge in [-0.15, -0.1) is 0 Å². The molecule has 1 atom stereocenters. The van der Waals surface area contributed by atoms with E-state index in [1.807, 2.05) is 0 Å². The van der Waals surface area contributed by atoms with Crippen molar-refractivity contribution in [2.24, 2.45) is 0 Å². The van der Waals surface area contributed by atoms with Crippen LogP contribution in [0.1, 0.15) is 25.0 Å². The molecule has 0 amide bonds. The molecule has 0 aliphatic carbocycles. The van der Waals surface area contributed by atoms with Crippen LogP contribution in [0.5, 0.6) is 23.0 Å². The standard InChI is InChI=1S/C24H28O10S/c1-16(25)34-24(2,32-6)23(26)33-18-9-7-8-17(12-18)15-35(27,28)11-10-20-21(30-4)13-19(29-3)14-22(20)31-5/h7-14H,15H2,1-6H3. The number of carbonyl (C=O) groups is 2. The molecule has 0 aliphatic rings. The lowest BCUT2D eigenvalue weighted by Gasteiger charge is -2.24. The predicted molar refractivity (Wildman–Crippen MR) is 127 cm³/mol. The van der Waals surface area contributed by atoms with E-state index in [1.54, 1.807) is 18.2 Å². The molecule has 2 rings (SSSR count). The van der Waals surface area contributed by atoms with E-state index in [0.717, 1.165) is 12.3 Å². The molecular formula is C24H28O10S. The summed E-state index contributed by atoms with van der Waals surface area (Å²) in [6.45, 7) is 2.36. The number of ether oxygens (including phenoxy) is 6. The van der Waals surface area contributed by atoms with E-state index in [9.17, 15) is 18.0 Å². The monoisotopic (exact) mass is 508 g/mol. The minimum absolute atomic E-state index is 0.0561. The normalized spacial score (nSPS) is 13.1. The van der Waals surface area contributed by atoms with Gasteiger partial charge < -0.3 is 28.4 Å². The Morgan fingerprint density at radius 2 is 1.57 bits per heavy atom. The number of sulfone groups is 1. The van der Waals surface area contributed by atoms with Gasteiger partial charge in [-0.25, -0.2) is 13.2 Å². The molecule has 0 fully saturated rings. The highest BCUT2D eigenvalue weighted by molar-refractivity contribution is 7.93. The molecule has 190 valence electrons. The average Bonchev–Trinajstić information content (AvgIpc) is 2.81. The summed E-state index contributed by atoms with van der Waals surface area (Å²) in [5, 5.41) is 1.04. The fourth-order valence-electron chi connectivity index (χ4n) is 2.99. The topological polar surface area (TPSA) is 124 Å². The van der Waals surface area contributed by atoms with Gasteiger partial charge in [-0.05, 0) is 23.8 Å². The van der Waals surface area contributed by atoms with Gasteiger partial charge in [0.25, 0.3) is 0 Å². The van der Waals surface area contributed by atoms with Crippen LogP contribution >= 0.6 is 0 Å². The minimum Gasteiger partial charge on any atom is -0.496 e. The second-order valence-electron chi connectivity index (χ2n) is 7.34. The molecule has 0 N–H and O–H groups in total. The number of hydrogen-bond acceptors (Lipinski definition) is 10. The predicted octanol–water partition coefficient (Wildman–Crippen LogP) is 3.13. The Balaban J connectivity index is 2.24. The molecule has 0 radical (unpaired) electrons. The summed E-state index contributed by atoms with van der Waals surface area (Å²) in [6.07, 6.45) is 1.37. The van der Waals surface area contributed by atoms with Crippen LogP contribution in [0.15, 0.2) is 41.8 Å². The minimum atomic E-state index is -3.75. The average molecular weight is 509 g/mol. The van der Waals surface area contributed by atoms with Crippen LogP contribution in [-0.4, -0.2) is 54.6 Å². The summed E-state index contributed by atoms with van der Waals surface area (Å²) in [5.74, 6) is -2.75. The Morgan fingerprint density at radius 3 is 2.09 bits per heavy atom. The van der Waals surface area contributed by atoms with Crippen LogP contribution in [0.25, 0.3) is 6.08 Å². The summed E-state index contributed by atoms with van der Waals surface area (Å²) >= 11 is 0. The van der Waals surface area contributed by atoms with Crippen molar-refractivity contribution in [2.45, 2.75) is 25.4 Å². The van der Waals surface area contributed by atoms with Gasteiger partial charge in [0.2, 0.25) is 0 Å². The van der Waals surface area contributed by atoms with Gasteiger partial charge in [0.05, 0.1) is 32.6 Å². The Hall–Kier alpha value is -3.57. The maximum absolute atomic E-state index is 12.8. The summed E-state index contributed by atoms with van der Waals surface area (Å²) < 4.78 is 56.5. The molecule has 0 bridgehead atoms. The Bertz CT molecular complexity index is 1180. The molecule has 1 unspecified atom stereocenters. The maximum atomic E-state index is 12.8. The number of esters is 2. The van der Waals surface area contributed by atoms with Crippen molar-refractivity contribution < 1.29 is 46.4 Å². The van der Waals surface area contributed by atoms with Gasteiger partial charge in [-0.1, -0.05) is 12.1 Å². The highest BCUT2D eigenvalue weighted by atomic mass is 32.2. The molecule has 10 nitrogen and oxygen atoms in total. The van der Waals surface area contributed by atoms with Gasteiger partial charge in [-0.2, -0.15) is 0 Å². The van der Waals surface area contributed by atoms with Crippen LogP contribution in [0.2, 0.25) is 0 Å². The van der Waals surface area contributed by atoms with Crippen molar-refractivity contribution >= 4 is 27.9 Å². The fraction of sp³-hybridized carbons (Fsp3) is 0.333. The first-order valence-corrected chi connectivity index (χ1v) is 11.9. The molecular weight excluding hydrogens is 480 g/mol. The van der Waals surface area contributed by atoms with E-state index >= 15 is 0 Å². The molecule has 0 aliphatic heterocycles. The first kappa shape index (κ1) is 27.7. The third kappa shape index (κ3) is 7.46. The quantitative estimate of drug-likeness (QED) is 0.254. The van der Waals surface area contributed by atoms with Crippen LogP contribution in [-0.2, 0) is 34.7 Å². The van der Waals surface area contributed by atoms with Crippen molar-refractivity contribution in [2.75, 3.05) is 28.4 Å². The van der Waals surface area contributed by atoms with Gasteiger partial charge in [0, 0.05) is 38.5 Å². The highest BCUT2D eigenvalue weighted by Crippen LogP contribution is 2.35. The van der Waals surface area contributed by atoms with Crippen molar-refractivity contribution in [3.8, 4) is 23.0 Å². The SMILES string of the molecule is COc1cc(OC)c(C=CS(=O)(=O)Cc2cccc(OC(=O)C(C)(OC)OC(C)=O)c2)c(OC)c1. The number of hydrogen-bond donors (Lipinski definition) is 0. The van der Waals surface area contributed by atoms with Crippen LogP contribution in [0, 0.1) is 0 Å². The van der Waals surface area contributed by atoms with Gasteiger partial charge in [-0.3, -0.25) is 4.79 Å². The van der Waals surface area contributed by atoms with E-state index in [4.69, 9.17) is 28.4 Å². The van der Waals surface area contributed by atoms with E-state index < -0.39 is 27.6 Å². The van der Waals surface area contributed by atoms with E-state index in [0.29, 0.717) is 28.4 Å². The zero-order chi connectivity index (χ0) is 26.2. The van der Waals surface area contributed by atoms with Crippen molar-refractivity contribution in [3.05, 3.63) is 52.9 Å². The second-order valence-corrected chi connectivity index (χ2v) is 9.22. The molecule has 0 heterocycles. The molecule has 0 aromatic heterocycles. The van der Waals surface area contributed by atoms with E-state index in [-0.39, 0.29) is 11.5 Å². The Kier molecular flexibility index (Phi) is 9.26. The Labute approximate surface area is 204 Å². The largest absolute Gasteiger partial charge is 0.496 e. The number of methoxy groups -OCH3 is 4. The number of benzene rings is 2. The smallest absolute Gasteiger partial charge is 0.384 e. The molecule has 2 aromatic rings. The molecule has 0 saturated carbocycles. The molecule has 0 saturated heterocycles. The lowest BCUT2D eigenvalue weighted by molar-refractivity contribution is -0.222. The molecule has 11 heteroatoms. The van der Waals surface area contributed by atoms with Gasteiger partial charge in [0.1, 0.15) is 23.0 Å². The first-order chi connectivity index (χ1) is 16.5. The number of rotatable bonds is 11. The van der Waals surface area contributed by atoms with Crippen LogP contribution in [0.3, 0.4) is 0 Å². The first-order valence-electron chi connectivity index (χ1n) is 10.2. The third-order valence-electron chi connectivity index (χ3n) is 4.77.